The fourth-order valence-corrected chi connectivity index (χ4v) is 2.11. The van der Waals surface area contributed by atoms with Gasteiger partial charge in [-0.15, -0.1) is 0 Å². The van der Waals surface area contributed by atoms with E-state index in [0.717, 1.165) is 12.0 Å². The van der Waals surface area contributed by atoms with E-state index in [1.807, 2.05) is 6.92 Å². The van der Waals surface area contributed by atoms with Gasteiger partial charge in [0.05, 0.1) is 0 Å². The summed E-state index contributed by atoms with van der Waals surface area (Å²) in [6.07, 6.45) is 1.41. The van der Waals surface area contributed by atoms with Crippen LogP contribution in [0.2, 0.25) is 10.0 Å². The molecule has 1 atom stereocenters. The minimum Gasteiger partial charge on any atom is -0.328 e. The van der Waals surface area contributed by atoms with Crippen LogP contribution in [0.25, 0.3) is 0 Å². The topological polar surface area (TPSA) is 26.0 Å². The zero-order chi connectivity index (χ0) is 12.2. The largest absolute Gasteiger partial charge is 0.328 e. The first-order valence-corrected chi connectivity index (χ1v) is 6.09. The van der Waals surface area contributed by atoms with E-state index >= 15 is 0 Å². The molecule has 0 spiro atoms. The molecule has 0 aliphatic rings. The molecule has 1 rings (SSSR count). The van der Waals surface area contributed by atoms with Crippen LogP contribution < -0.4 is 5.73 Å². The van der Waals surface area contributed by atoms with Gasteiger partial charge in [0.2, 0.25) is 0 Å². The smallest absolute Gasteiger partial charge is 0.127 e. The number of benzene rings is 1. The second-order valence-corrected chi connectivity index (χ2v) is 4.86. The summed E-state index contributed by atoms with van der Waals surface area (Å²) in [6.45, 7) is 1.94. The predicted molar refractivity (Wildman–Crippen MR) is 68.0 cm³/mol. The molecule has 1 nitrogen and oxygen atoms in total. The number of rotatable bonds is 5. The molecule has 0 saturated carbocycles. The van der Waals surface area contributed by atoms with Gasteiger partial charge in [-0.1, -0.05) is 36.5 Å². The van der Waals surface area contributed by atoms with Crippen molar-refractivity contribution in [3.63, 3.8) is 0 Å². The van der Waals surface area contributed by atoms with Gasteiger partial charge in [0.25, 0.3) is 0 Å². The lowest BCUT2D eigenvalue weighted by Gasteiger charge is -2.23. The molecular weight excluding hydrogens is 248 g/mol. The third kappa shape index (κ3) is 3.62. The maximum Gasteiger partial charge on any atom is 0.127 e. The van der Waals surface area contributed by atoms with Gasteiger partial charge in [0.1, 0.15) is 5.67 Å². The van der Waals surface area contributed by atoms with Crippen LogP contribution in [0.4, 0.5) is 4.39 Å². The molecule has 0 fully saturated rings. The Morgan fingerprint density at radius 1 is 1.38 bits per heavy atom. The number of alkyl halides is 1. The highest BCUT2D eigenvalue weighted by molar-refractivity contribution is 6.33. The second-order valence-electron chi connectivity index (χ2n) is 4.02. The van der Waals surface area contributed by atoms with E-state index in [-0.39, 0.29) is 13.0 Å². The maximum absolute atomic E-state index is 14.3. The van der Waals surface area contributed by atoms with E-state index in [2.05, 4.69) is 0 Å². The molecule has 0 amide bonds. The highest BCUT2D eigenvalue weighted by atomic mass is 35.5. The first-order chi connectivity index (χ1) is 7.50. The molecule has 0 aromatic heterocycles. The Kier molecular flexibility index (Phi) is 5.03. The maximum atomic E-state index is 14.3. The van der Waals surface area contributed by atoms with Crippen LogP contribution in [0.5, 0.6) is 0 Å². The summed E-state index contributed by atoms with van der Waals surface area (Å²) in [5.41, 5.74) is 4.81. The highest BCUT2D eigenvalue weighted by Crippen LogP contribution is 2.28. The Morgan fingerprint density at radius 2 is 2.06 bits per heavy atom. The van der Waals surface area contributed by atoms with Crippen molar-refractivity contribution in [3.05, 3.63) is 33.8 Å². The Balaban J connectivity index is 2.89. The molecule has 0 aliphatic heterocycles. The standard InChI is InChI=1S/C12H16Cl2FN/c1-2-5-12(15,8-16)7-9-6-10(13)3-4-11(9)14/h3-4,6H,2,5,7-8,16H2,1H3. The third-order valence-electron chi connectivity index (χ3n) is 2.58. The zero-order valence-corrected chi connectivity index (χ0v) is 10.8. The molecule has 1 aromatic carbocycles. The highest BCUT2D eigenvalue weighted by Gasteiger charge is 2.28. The number of hydrogen-bond acceptors (Lipinski definition) is 1. The third-order valence-corrected chi connectivity index (χ3v) is 3.18. The van der Waals surface area contributed by atoms with E-state index in [1.54, 1.807) is 18.2 Å². The molecular formula is C12H16Cl2FN. The van der Waals surface area contributed by atoms with E-state index in [4.69, 9.17) is 28.9 Å². The lowest BCUT2D eigenvalue weighted by molar-refractivity contribution is 0.158. The van der Waals surface area contributed by atoms with E-state index < -0.39 is 5.67 Å². The fraction of sp³-hybridized carbons (Fsp3) is 0.500. The molecule has 0 saturated heterocycles. The van der Waals surface area contributed by atoms with Gasteiger partial charge >= 0.3 is 0 Å². The minimum absolute atomic E-state index is 0.00365. The fourth-order valence-electron chi connectivity index (χ4n) is 1.73. The first kappa shape index (κ1) is 13.8. The van der Waals surface area contributed by atoms with Crippen molar-refractivity contribution >= 4 is 23.2 Å². The molecule has 16 heavy (non-hydrogen) atoms. The molecule has 0 bridgehead atoms. The predicted octanol–water partition coefficient (Wildman–Crippen LogP) is 4.00. The summed E-state index contributed by atoms with van der Waals surface area (Å²) in [4.78, 5) is 0. The first-order valence-electron chi connectivity index (χ1n) is 5.33. The van der Waals surface area contributed by atoms with Crippen molar-refractivity contribution < 1.29 is 4.39 Å². The van der Waals surface area contributed by atoms with E-state index in [9.17, 15) is 4.39 Å². The van der Waals surface area contributed by atoms with Gasteiger partial charge in [-0.2, -0.15) is 0 Å². The number of halogens is 3. The molecule has 4 heteroatoms. The summed E-state index contributed by atoms with van der Waals surface area (Å²) in [6, 6.07) is 5.07. The van der Waals surface area contributed by atoms with Crippen molar-refractivity contribution in [3.8, 4) is 0 Å². The van der Waals surface area contributed by atoms with Crippen molar-refractivity contribution in [2.75, 3.05) is 6.54 Å². The molecule has 1 aromatic rings. The Labute approximate surface area is 106 Å². The van der Waals surface area contributed by atoms with E-state index in [1.165, 1.54) is 0 Å². The SMILES string of the molecule is CCCC(F)(CN)Cc1cc(Cl)ccc1Cl. The summed E-state index contributed by atoms with van der Waals surface area (Å²) in [7, 11) is 0. The van der Waals surface area contributed by atoms with Crippen LogP contribution in [0.1, 0.15) is 25.3 Å². The molecule has 0 aliphatic carbocycles. The van der Waals surface area contributed by atoms with Gasteiger partial charge in [-0.05, 0) is 30.2 Å². The minimum atomic E-state index is -1.39. The number of hydrogen-bond donors (Lipinski definition) is 1. The van der Waals surface area contributed by atoms with Gasteiger partial charge in [0.15, 0.2) is 0 Å². The van der Waals surface area contributed by atoms with Crippen LogP contribution in [0, 0.1) is 0 Å². The normalized spacial score (nSPS) is 14.8. The van der Waals surface area contributed by atoms with Crippen molar-refractivity contribution in [1.82, 2.24) is 0 Å². The van der Waals surface area contributed by atoms with Gasteiger partial charge in [0, 0.05) is 23.0 Å². The number of nitrogens with two attached hydrogens (primary N) is 1. The molecule has 0 radical (unpaired) electrons. The Hall–Kier alpha value is -0.310. The monoisotopic (exact) mass is 263 g/mol. The van der Waals surface area contributed by atoms with Crippen molar-refractivity contribution in [1.29, 1.82) is 0 Å². The molecule has 1 unspecified atom stereocenters. The summed E-state index contributed by atoms with van der Waals surface area (Å²) in [5.74, 6) is 0. The molecule has 0 heterocycles. The lowest BCUT2D eigenvalue weighted by Crippen LogP contribution is -2.35. The Morgan fingerprint density at radius 3 is 2.62 bits per heavy atom. The van der Waals surface area contributed by atoms with Crippen LogP contribution in [-0.4, -0.2) is 12.2 Å². The average Bonchev–Trinajstić information content (AvgIpc) is 2.24. The van der Waals surface area contributed by atoms with Crippen molar-refractivity contribution in [2.24, 2.45) is 5.73 Å². The summed E-state index contributed by atoms with van der Waals surface area (Å²) >= 11 is 11.8. The molecule has 2 N–H and O–H groups in total. The van der Waals surface area contributed by atoms with Crippen LogP contribution in [-0.2, 0) is 6.42 Å². The summed E-state index contributed by atoms with van der Waals surface area (Å²) < 4.78 is 14.3. The summed E-state index contributed by atoms with van der Waals surface area (Å²) in [5, 5.41) is 1.10. The van der Waals surface area contributed by atoms with E-state index in [0.29, 0.717) is 16.5 Å². The Bertz CT molecular complexity index is 357. The lowest BCUT2D eigenvalue weighted by atomic mass is 9.92. The quantitative estimate of drug-likeness (QED) is 0.854. The molecule has 90 valence electrons. The van der Waals surface area contributed by atoms with Gasteiger partial charge < -0.3 is 5.73 Å². The van der Waals surface area contributed by atoms with Crippen molar-refractivity contribution in [2.45, 2.75) is 31.9 Å². The van der Waals surface area contributed by atoms with Gasteiger partial charge in [-0.3, -0.25) is 0 Å². The van der Waals surface area contributed by atoms with Gasteiger partial charge in [-0.25, -0.2) is 4.39 Å². The zero-order valence-electron chi connectivity index (χ0n) is 9.27. The van der Waals surface area contributed by atoms with Crippen LogP contribution in [0.15, 0.2) is 18.2 Å². The van der Waals surface area contributed by atoms with Crippen LogP contribution in [0.3, 0.4) is 0 Å². The average molecular weight is 264 g/mol. The van der Waals surface area contributed by atoms with Crippen LogP contribution >= 0.6 is 23.2 Å². The second kappa shape index (κ2) is 5.85.